The van der Waals surface area contributed by atoms with Crippen molar-refractivity contribution in [1.29, 1.82) is 0 Å². The Labute approximate surface area is 135 Å². The van der Waals surface area contributed by atoms with Gasteiger partial charge in [-0.05, 0) is 25.0 Å². The van der Waals surface area contributed by atoms with Gasteiger partial charge in [0.1, 0.15) is 0 Å². The van der Waals surface area contributed by atoms with Crippen LogP contribution in [0.3, 0.4) is 0 Å². The van der Waals surface area contributed by atoms with E-state index in [1.54, 1.807) is 17.8 Å². The first-order valence-electron chi connectivity index (χ1n) is 6.41. The third kappa shape index (κ3) is 3.30. The van der Waals surface area contributed by atoms with E-state index in [4.69, 9.17) is 0 Å². The van der Waals surface area contributed by atoms with E-state index in [9.17, 15) is 9.59 Å². The summed E-state index contributed by atoms with van der Waals surface area (Å²) in [5, 5.41) is 2.96. The van der Waals surface area contributed by atoms with Gasteiger partial charge in [0, 0.05) is 10.1 Å². The first kappa shape index (κ1) is 17.3. The minimum atomic E-state index is -0.263. The molecular formula is C14H15NO3SZn. The number of carbonyl (C=O) groups excluding carboxylic acids is 2. The molecule has 1 aliphatic heterocycles. The van der Waals surface area contributed by atoms with Crippen LogP contribution in [0.4, 0.5) is 0 Å². The first-order valence-corrected chi connectivity index (χ1v) is 7.29. The Kier molecular flexibility index (Phi) is 6.37. The summed E-state index contributed by atoms with van der Waals surface area (Å²) in [6, 6.07) is 5.54. The van der Waals surface area contributed by atoms with Crippen LogP contribution in [-0.2, 0) is 25.0 Å². The van der Waals surface area contributed by atoms with Crippen molar-refractivity contribution in [1.82, 2.24) is 5.32 Å². The van der Waals surface area contributed by atoms with Gasteiger partial charge in [-0.25, -0.2) is 0 Å². The maximum absolute atomic E-state index is 11.8. The summed E-state index contributed by atoms with van der Waals surface area (Å²) in [5.74, 6) is -0.505. The van der Waals surface area contributed by atoms with Gasteiger partial charge in [0.05, 0.1) is 11.1 Å². The van der Waals surface area contributed by atoms with Crippen LogP contribution in [-0.4, -0.2) is 17.1 Å². The van der Waals surface area contributed by atoms with Crippen molar-refractivity contribution in [2.75, 3.05) is 0 Å². The molecule has 0 spiro atoms. The molecule has 1 heterocycles. The van der Waals surface area contributed by atoms with Gasteiger partial charge in [-0.3, -0.25) is 14.9 Å². The standard InChI is InChI=1S/C14H15NO2S.O.Zn/c16-13-10-7-4-8-11(12(10)14(17)15-13)18-9-5-2-1-3-6-9;;/h4,7-9H,1-3,5-6H2,(H,15,16,17);;/q;-2;+2. The molecule has 1 N–H and O–H groups in total. The predicted molar refractivity (Wildman–Crippen MR) is 71.7 cm³/mol. The molecular weight excluding hydrogens is 328 g/mol. The van der Waals surface area contributed by atoms with Crippen molar-refractivity contribution >= 4 is 23.6 Å². The van der Waals surface area contributed by atoms with E-state index in [1.807, 2.05) is 12.1 Å². The molecule has 6 heteroatoms. The minimum Gasteiger partial charge on any atom is -2.00 e. The first-order chi connectivity index (χ1) is 8.75. The Balaban J connectivity index is 0.000001000. The molecule has 20 heavy (non-hydrogen) atoms. The Bertz CT molecular complexity index is 515. The third-order valence-corrected chi connectivity index (χ3v) is 4.97. The topological polar surface area (TPSA) is 74.7 Å². The van der Waals surface area contributed by atoms with Gasteiger partial charge in [-0.15, -0.1) is 11.8 Å². The van der Waals surface area contributed by atoms with Gasteiger partial charge in [0.2, 0.25) is 0 Å². The molecule has 102 valence electrons. The van der Waals surface area contributed by atoms with Crippen molar-refractivity contribution < 1.29 is 34.5 Å². The van der Waals surface area contributed by atoms with Crippen LogP contribution in [0.15, 0.2) is 23.1 Å². The molecule has 0 bridgehead atoms. The molecule has 0 aromatic heterocycles. The number of benzene rings is 1. The van der Waals surface area contributed by atoms with E-state index in [2.05, 4.69) is 5.32 Å². The van der Waals surface area contributed by atoms with Gasteiger partial charge in [-0.1, -0.05) is 25.3 Å². The SMILES string of the molecule is O=C1NC(=O)c2c(SC3CCCCC3)cccc21.[O-2].[Zn+2]. The van der Waals surface area contributed by atoms with Crippen LogP contribution in [0, 0.1) is 0 Å². The number of hydrogen-bond donors (Lipinski definition) is 1. The summed E-state index contributed by atoms with van der Waals surface area (Å²) in [6.45, 7) is 0. The molecule has 1 fully saturated rings. The second kappa shape index (κ2) is 7.34. The fourth-order valence-corrected chi connectivity index (χ4v) is 4.05. The van der Waals surface area contributed by atoms with E-state index in [-0.39, 0.29) is 36.8 Å². The summed E-state index contributed by atoms with van der Waals surface area (Å²) >= 11 is 1.76. The smallest absolute Gasteiger partial charge is 2.00 e. The summed E-state index contributed by atoms with van der Waals surface area (Å²) in [4.78, 5) is 24.3. The molecule has 1 aromatic carbocycles. The second-order valence-corrected chi connectivity index (χ2v) is 6.18. The molecule has 0 unspecified atom stereocenters. The number of rotatable bonds is 2. The molecule has 1 saturated carbocycles. The third-order valence-electron chi connectivity index (χ3n) is 3.57. The van der Waals surface area contributed by atoms with Crippen LogP contribution in [0.25, 0.3) is 0 Å². The molecule has 0 atom stereocenters. The van der Waals surface area contributed by atoms with Crippen molar-refractivity contribution in [3.05, 3.63) is 29.3 Å². The van der Waals surface area contributed by atoms with Gasteiger partial charge < -0.3 is 5.48 Å². The summed E-state index contributed by atoms with van der Waals surface area (Å²) in [6.07, 6.45) is 6.30. The van der Waals surface area contributed by atoms with Crippen LogP contribution >= 0.6 is 11.8 Å². The fourth-order valence-electron chi connectivity index (χ4n) is 2.65. The van der Waals surface area contributed by atoms with E-state index in [1.165, 1.54) is 32.1 Å². The average molecular weight is 343 g/mol. The molecule has 0 radical (unpaired) electrons. The van der Waals surface area contributed by atoms with E-state index in [0.29, 0.717) is 16.4 Å². The van der Waals surface area contributed by atoms with E-state index < -0.39 is 0 Å². The Hall–Kier alpha value is -0.707. The van der Waals surface area contributed by atoms with Gasteiger partial charge >= 0.3 is 19.5 Å². The number of amides is 2. The summed E-state index contributed by atoms with van der Waals surface area (Å²) in [5.41, 5.74) is 1.11. The van der Waals surface area contributed by atoms with E-state index >= 15 is 0 Å². The summed E-state index contributed by atoms with van der Waals surface area (Å²) < 4.78 is 0. The number of imide groups is 1. The van der Waals surface area contributed by atoms with Crippen molar-refractivity contribution in [2.24, 2.45) is 0 Å². The molecule has 4 nitrogen and oxygen atoms in total. The zero-order chi connectivity index (χ0) is 12.5. The number of carbonyl (C=O) groups is 2. The molecule has 3 rings (SSSR count). The molecule has 2 amide bonds. The van der Waals surface area contributed by atoms with Gasteiger partial charge in [0.15, 0.2) is 0 Å². The molecule has 0 saturated heterocycles. The fraction of sp³-hybridized carbons (Fsp3) is 0.429. The van der Waals surface area contributed by atoms with Crippen LogP contribution in [0.1, 0.15) is 52.8 Å². The Morgan fingerprint density at radius 3 is 2.45 bits per heavy atom. The van der Waals surface area contributed by atoms with Crippen LogP contribution < -0.4 is 5.32 Å². The molecule has 1 aromatic rings. The largest absolute Gasteiger partial charge is 2.00 e. The zero-order valence-corrected chi connectivity index (χ0v) is 15.0. The van der Waals surface area contributed by atoms with Gasteiger partial charge in [-0.2, -0.15) is 0 Å². The molecule has 1 aliphatic carbocycles. The predicted octanol–water partition coefficient (Wildman–Crippen LogP) is 2.87. The van der Waals surface area contributed by atoms with Crippen molar-refractivity contribution in [2.45, 2.75) is 42.2 Å². The number of fused-ring (bicyclic) bond motifs is 1. The maximum Gasteiger partial charge on any atom is 2.00 e. The van der Waals surface area contributed by atoms with E-state index in [0.717, 1.165) is 4.90 Å². The van der Waals surface area contributed by atoms with Gasteiger partial charge in [0.25, 0.3) is 11.8 Å². The monoisotopic (exact) mass is 341 g/mol. The minimum absolute atomic E-state index is 0. The number of thioether (sulfide) groups is 1. The van der Waals surface area contributed by atoms with Crippen LogP contribution in [0.2, 0.25) is 0 Å². The normalized spacial score (nSPS) is 17.8. The number of nitrogens with one attached hydrogen (secondary N) is 1. The van der Waals surface area contributed by atoms with Crippen molar-refractivity contribution in [3.8, 4) is 0 Å². The average Bonchev–Trinajstić information content (AvgIpc) is 2.67. The quantitative estimate of drug-likeness (QED) is 0.663. The zero-order valence-electron chi connectivity index (χ0n) is 11.2. The Morgan fingerprint density at radius 1 is 1.05 bits per heavy atom. The summed E-state index contributed by atoms with van der Waals surface area (Å²) in [7, 11) is 0. The number of hydrogen-bond acceptors (Lipinski definition) is 3. The second-order valence-electron chi connectivity index (χ2n) is 4.84. The Morgan fingerprint density at radius 2 is 1.75 bits per heavy atom. The molecule has 2 aliphatic rings. The van der Waals surface area contributed by atoms with Crippen molar-refractivity contribution in [3.63, 3.8) is 0 Å². The maximum atomic E-state index is 11.8. The van der Waals surface area contributed by atoms with Crippen LogP contribution in [0.5, 0.6) is 0 Å².